The topological polar surface area (TPSA) is 93.4 Å². The molecule has 0 aliphatic rings. The molecule has 0 atom stereocenters. The molecule has 1 aromatic rings. The minimum Gasteiger partial charge on any atom is -0.473 e. The van der Waals surface area contributed by atoms with Crippen LogP contribution in [-0.4, -0.2) is 52.6 Å². The maximum atomic E-state index is 11.1. The first-order valence-electron chi connectivity index (χ1n) is 7.22. The summed E-state index contributed by atoms with van der Waals surface area (Å²) in [6, 6.07) is 0. The van der Waals surface area contributed by atoms with E-state index >= 15 is 0 Å². The van der Waals surface area contributed by atoms with Gasteiger partial charge in [0.05, 0.1) is 11.5 Å². The van der Waals surface area contributed by atoms with E-state index in [-0.39, 0.29) is 17.4 Å². The molecule has 0 spiro atoms. The van der Waals surface area contributed by atoms with Crippen LogP contribution in [0.3, 0.4) is 0 Å². The first-order valence-corrected chi connectivity index (χ1v) is 7.22. The van der Waals surface area contributed by atoms with E-state index < -0.39 is 4.92 Å². The van der Waals surface area contributed by atoms with Crippen molar-refractivity contribution >= 4 is 11.5 Å². The predicted molar refractivity (Wildman–Crippen MR) is 80.8 cm³/mol. The van der Waals surface area contributed by atoms with Gasteiger partial charge < -0.3 is 15.0 Å². The van der Waals surface area contributed by atoms with Gasteiger partial charge in [-0.15, -0.1) is 0 Å². The lowest BCUT2D eigenvalue weighted by atomic mass is 10.3. The molecule has 8 heteroatoms. The van der Waals surface area contributed by atoms with E-state index in [9.17, 15) is 10.1 Å². The van der Waals surface area contributed by atoms with E-state index in [1.807, 2.05) is 0 Å². The predicted octanol–water partition coefficient (Wildman–Crippen LogP) is 1.93. The van der Waals surface area contributed by atoms with Crippen molar-refractivity contribution in [3.8, 4) is 5.88 Å². The highest BCUT2D eigenvalue weighted by molar-refractivity contribution is 5.61. The van der Waals surface area contributed by atoms with Crippen molar-refractivity contribution < 1.29 is 9.66 Å². The van der Waals surface area contributed by atoms with Crippen molar-refractivity contribution in [1.82, 2.24) is 14.9 Å². The van der Waals surface area contributed by atoms with Crippen LogP contribution < -0.4 is 10.1 Å². The molecule has 1 rings (SSSR count). The lowest BCUT2D eigenvalue weighted by Crippen LogP contribution is -2.25. The van der Waals surface area contributed by atoms with E-state index in [4.69, 9.17) is 4.74 Å². The molecule has 1 N–H and O–H groups in total. The highest BCUT2D eigenvalue weighted by Gasteiger charge is 2.23. The Morgan fingerprint density at radius 2 is 2.05 bits per heavy atom. The highest BCUT2D eigenvalue weighted by Crippen LogP contribution is 2.30. The van der Waals surface area contributed by atoms with E-state index in [1.54, 1.807) is 6.92 Å². The molecule has 0 bridgehead atoms. The molecule has 0 aliphatic heterocycles. The molecule has 1 heterocycles. The first-order chi connectivity index (χ1) is 10.1. The highest BCUT2D eigenvalue weighted by atomic mass is 16.6. The summed E-state index contributed by atoms with van der Waals surface area (Å²) >= 11 is 0. The van der Waals surface area contributed by atoms with Crippen LogP contribution in [-0.2, 0) is 0 Å². The van der Waals surface area contributed by atoms with E-state index in [0.29, 0.717) is 13.2 Å². The first kappa shape index (κ1) is 17.1. The van der Waals surface area contributed by atoms with E-state index in [0.717, 1.165) is 26.1 Å². The van der Waals surface area contributed by atoms with Crippen molar-refractivity contribution in [3.05, 3.63) is 16.4 Å². The second-order valence-electron chi connectivity index (χ2n) is 4.37. The van der Waals surface area contributed by atoms with Gasteiger partial charge in [0.1, 0.15) is 6.33 Å². The van der Waals surface area contributed by atoms with Crippen LogP contribution in [0.4, 0.5) is 11.5 Å². The fourth-order valence-corrected chi connectivity index (χ4v) is 1.95. The van der Waals surface area contributed by atoms with Crippen LogP contribution >= 0.6 is 0 Å². The second-order valence-corrected chi connectivity index (χ2v) is 4.37. The fraction of sp³-hybridized carbons (Fsp3) is 0.692. The van der Waals surface area contributed by atoms with Gasteiger partial charge in [0, 0.05) is 6.54 Å². The average molecular weight is 297 g/mol. The molecule has 8 nitrogen and oxygen atoms in total. The van der Waals surface area contributed by atoms with Crippen LogP contribution in [0.15, 0.2) is 6.33 Å². The summed E-state index contributed by atoms with van der Waals surface area (Å²) in [6.07, 6.45) is 2.15. The van der Waals surface area contributed by atoms with Gasteiger partial charge in [-0.05, 0) is 33.0 Å². The summed E-state index contributed by atoms with van der Waals surface area (Å²) in [7, 11) is 0. The third-order valence-corrected chi connectivity index (χ3v) is 3.09. The summed E-state index contributed by atoms with van der Waals surface area (Å²) in [5.74, 6) is 0.210. The molecule has 0 amide bonds. The molecule has 0 fully saturated rings. The molecule has 0 saturated heterocycles. The van der Waals surface area contributed by atoms with E-state index in [1.165, 1.54) is 6.33 Å². The Morgan fingerprint density at radius 1 is 1.33 bits per heavy atom. The molecular weight excluding hydrogens is 274 g/mol. The largest absolute Gasteiger partial charge is 0.473 e. The zero-order chi connectivity index (χ0) is 15.7. The van der Waals surface area contributed by atoms with Crippen LogP contribution in [0.5, 0.6) is 5.88 Å². The van der Waals surface area contributed by atoms with Crippen LogP contribution in [0.25, 0.3) is 0 Å². The third kappa shape index (κ3) is 5.14. The summed E-state index contributed by atoms with van der Waals surface area (Å²) in [4.78, 5) is 20.7. The molecule has 1 aromatic heterocycles. The number of aromatic nitrogens is 2. The number of anilines is 1. The zero-order valence-corrected chi connectivity index (χ0v) is 12.8. The van der Waals surface area contributed by atoms with Gasteiger partial charge in [0.2, 0.25) is 5.82 Å². The van der Waals surface area contributed by atoms with Crippen LogP contribution in [0.2, 0.25) is 0 Å². The minimum atomic E-state index is -0.516. The van der Waals surface area contributed by atoms with E-state index in [2.05, 4.69) is 34.0 Å². The van der Waals surface area contributed by atoms with Gasteiger partial charge in [0.25, 0.3) is 5.88 Å². The molecule has 0 radical (unpaired) electrons. The molecule has 0 aromatic carbocycles. The Morgan fingerprint density at radius 3 is 2.62 bits per heavy atom. The van der Waals surface area contributed by atoms with Crippen molar-refractivity contribution in [2.24, 2.45) is 0 Å². The van der Waals surface area contributed by atoms with Crippen molar-refractivity contribution in [1.29, 1.82) is 0 Å². The van der Waals surface area contributed by atoms with Crippen molar-refractivity contribution in [3.63, 3.8) is 0 Å². The lowest BCUT2D eigenvalue weighted by molar-refractivity contribution is -0.385. The maximum absolute atomic E-state index is 11.1. The smallest absolute Gasteiger partial charge is 0.372 e. The Hall–Kier alpha value is -1.96. The molecule has 0 saturated carbocycles. The Balaban J connectivity index is 2.66. The van der Waals surface area contributed by atoms with Crippen molar-refractivity contribution in [2.75, 3.05) is 38.1 Å². The normalized spacial score (nSPS) is 10.7. The molecule has 0 aliphatic carbocycles. The summed E-state index contributed by atoms with van der Waals surface area (Å²) in [5.41, 5.74) is -0.206. The molecular formula is C13H23N5O3. The van der Waals surface area contributed by atoms with Gasteiger partial charge in [-0.1, -0.05) is 13.8 Å². The summed E-state index contributed by atoms with van der Waals surface area (Å²) in [5, 5.41) is 14.1. The van der Waals surface area contributed by atoms with Gasteiger partial charge >= 0.3 is 5.69 Å². The monoisotopic (exact) mass is 297 g/mol. The number of hydrogen-bond donors (Lipinski definition) is 1. The number of nitrogens with zero attached hydrogens (tertiary/aromatic N) is 4. The quantitative estimate of drug-likeness (QED) is 0.400. The zero-order valence-electron chi connectivity index (χ0n) is 12.8. The number of rotatable bonds is 10. The fourth-order valence-electron chi connectivity index (χ4n) is 1.95. The van der Waals surface area contributed by atoms with Gasteiger partial charge in [-0.2, -0.15) is 4.98 Å². The summed E-state index contributed by atoms with van der Waals surface area (Å²) in [6.45, 7) is 9.85. The van der Waals surface area contributed by atoms with Gasteiger partial charge in [0.15, 0.2) is 0 Å². The third-order valence-electron chi connectivity index (χ3n) is 3.09. The summed E-state index contributed by atoms with van der Waals surface area (Å²) < 4.78 is 5.18. The van der Waals surface area contributed by atoms with Crippen LogP contribution in [0, 0.1) is 10.1 Å². The Kier molecular flexibility index (Phi) is 7.38. The SMILES string of the molecule is CCOc1ncnc(NCCCN(CC)CC)c1[N+](=O)[O-]. The Bertz CT molecular complexity index is 451. The van der Waals surface area contributed by atoms with Crippen molar-refractivity contribution in [2.45, 2.75) is 27.2 Å². The standard InChI is InChI=1S/C13H23N5O3/c1-4-17(5-2)9-7-8-14-12-11(18(19)20)13(21-6-3)16-10-15-12/h10H,4-9H2,1-3H3,(H,14,15,16). The number of hydrogen-bond acceptors (Lipinski definition) is 7. The minimum absolute atomic E-state index is 0.00347. The van der Waals surface area contributed by atoms with Gasteiger partial charge in [-0.3, -0.25) is 10.1 Å². The Labute approximate surface area is 124 Å². The molecule has 21 heavy (non-hydrogen) atoms. The number of ether oxygens (including phenoxy) is 1. The molecule has 0 unspecified atom stereocenters. The molecule has 118 valence electrons. The number of nitro groups is 1. The van der Waals surface area contributed by atoms with Gasteiger partial charge in [-0.25, -0.2) is 4.98 Å². The lowest BCUT2D eigenvalue weighted by Gasteiger charge is -2.17. The van der Waals surface area contributed by atoms with Crippen LogP contribution in [0.1, 0.15) is 27.2 Å². The average Bonchev–Trinajstić information content (AvgIpc) is 2.47. The number of nitrogens with one attached hydrogen (secondary N) is 1. The maximum Gasteiger partial charge on any atom is 0.372 e. The second kappa shape index (κ2) is 9.06.